The molecule has 7 heteroatoms. The molecule has 3 rings (SSSR count). The number of amides is 1. The number of carbonyl (C=O) groups excluding carboxylic acids is 1. The van der Waals surface area contributed by atoms with E-state index in [1.54, 1.807) is 11.8 Å². The zero-order chi connectivity index (χ0) is 16.9. The van der Waals surface area contributed by atoms with Gasteiger partial charge in [0.05, 0.1) is 0 Å². The maximum absolute atomic E-state index is 12.3. The molecule has 0 atom stereocenters. The first-order valence-electron chi connectivity index (χ1n) is 7.29. The molecule has 0 aliphatic carbocycles. The number of benzene rings is 2. The van der Waals surface area contributed by atoms with Crippen LogP contribution in [0.4, 0.5) is 10.8 Å². The predicted molar refractivity (Wildman–Crippen MR) is 99.5 cm³/mol. The molecule has 0 aliphatic rings. The van der Waals surface area contributed by atoms with Crippen molar-refractivity contribution < 1.29 is 4.79 Å². The minimum Gasteiger partial charge on any atom is -0.374 e. The summed E-state index contributed by atoms with van der Waals surface area (Å²) in [4.78, 5) is 12.3. The second kappa shape index (κ2) is 7.46. The van der Waals surface area contributed by atoms with Crippen molar-refractivity contribution in [3.63, 3.8) is 0 Å². The van der Waals surface area contributed by atoms with Crippen molar-refractivity contribution in [1.29, 1.82) is 0 Å². The van der Waals surface area contributed by atoms with Crippen molar-refractivity contribution in [3.8, 4) is 0 Å². The summed E-state index contributed by atoms with van der Waals surface area (Å²) in [5.41, 5.74) is 9.21. The summed E-state index contributed by atoms with van der Waals surface area (Å²) in [7, 11) is 0. The standard InChI is InChI=1S/C17H16N4OS2/c1-11-3-2-4-14(9-11)19-15(22)13-7-5-12(6-8-13)10-23-17-21-20-16(18)24-17/h2-9H,10H2,1H3,(H2,18,20)(H,19,22). The van der Waals surface area contributed by atoms with E-state index in [0.717, 1.165) is 26.9 Å². The van der Waals surface area contributed by atoms with Crippen LogP contribution in [-0.2, 0) is 5.75 Å². The molecule has 24 heavy (non-hydrogen) atoms. The highest BCUT2D eigenvalue weighted by Gasteiger charge is 2.07. The maximum Gasteiger partial charge on any atom is 0.255 e. The molecule has 0 radical (unpaired) electrons. The molecule has 1 amide bonds. The molecule has 2 aromatic carbocycles. The van der Waals surface area contributed by atoms with Gasteiger partial charge < -0.3 is 11.1 Å². The second-order valence-electron chi connectivity index (χ2n) is 5.22. The molecule has 3 aromatic rings. The average molecular weight is 356 g/mol. The first-order valence-corrected chi connectivity index (χ1v) is 9.09. The average Bonchev–Trinajstić information content (AvgIpc) is 2.99. The molecule has 1 heterocycles. The third-order valence-electron chi connectivity index (χ3n) is 3.28. The van der Waals surface area contributed by atoms with E-state index in [4.69, 9.17) is 5.73 Å². The number of nitrogens with two attached hydrogens (primary N) is 1. The van der Waals surface area contributed by atoms with E-state index in [2.05, 4.69) is 15.5 Å². The summed E-state index contributed by atoms with van der Waals surface area (Å²) in [6.45, 7) is 1.99. The van der Waals surface area contributed by atoms with Crippen LogP contribution in [-0.4, -0.2) is 16.1 Å². The van der Waals surface area contributed by atoms with Crippen molar-refractivity contribution in [1.82, 2.24) is 10.2 Å². The van der Waals surface area contributed by atoms with E-state index >= 15 is 0 Å². The van der Waals surface area contributed by atoms with Gasteiger partial charge >= 0.3 is 0 Å². The number of rotatable bonds is 5. The van der Waals surface area contributed by atoms with Crippen LogP contribution in [0.3, 0.4) is 0 Å². The lowest BCUT2D eigenvalue weighted by Crippen LogP contribution is -2.11. The van der Waals surface area contributed by atoms with Crippen LogP contribution in [0, 0.1) is 6.92 Å². The highest BCUT2D eigenvalue weighted by Crippen LogP contribution is 2.26. The zero-order valence-corrected chi connectivity index (χ0v) is 14.7. The number of hydrogen-bond donors (Lipinski definition) is 2. The number of carbonyl (C=O) groups is 1. The molecule has 0 saturated heterocycles. The topological polar surface area (TPSA) is 80.9 Å². The van der Waals surface area contributed by atoms with Gasteiger partial charge in [0.15, 0.2) is 4.34 Å². The number of nitrogens with zero attached hydrogens (tertiary/aromatic N) is 2. The van der Waals surface area contributed by atoms with Gasteiger partial charge in [0.1, 0.15) is 0 Å². The Morgan fingerprint density at radius 3 is 2.67 bits per heavy atom. The van der Waals surface area contributed by atoms with Gasteiger partial charge in [-0.3, -0.25) is 4.79 Å². The molecule has 0 unspecified atom stereocenters. The Morgan fingerprint density at radius 1 is 1.21 bits per heavy atom. The van der Waals surface area contributed by atoms with E-state index in [0.29, 0.717) is 10.7 Å². The summed E-state index contributed by atoms with van der Waals surface area (Å²) < 4.78 is 0.841. The molecule has 0 spiro atoms. The lowest BCUT2D eigenvalue weighted by molar-refractivity contribution is 0.102. The van der Waals surface area contributed by atoms with Crippen molar-refractivity contribution in [2.45, 2.75) is 17.0 Å². The number of nitrogen functional groups attached to an aromatic ring is 1. The van der Waals surface area contributed by atoms with Crippen LogP contribution in [0.5, 0.6) is 0 Å². The largest absolute Gasteiger partial charge is 0.374 e. The third-order valence-corrected chi connectivity index (χ3v) is 5.23. The Bertz CT molecular complexity index is 846. The van der Waals surface area contributed by atoms with Crippen LogP contribution in [0.1, 0.15) is 21.5 Å². The summed E-state index contributed by atoms with van der Waals surface area (Å²) in [5, 5.41) is 11.1. The Kier molecular flexibility index (Phi) is 5.12. The zero-order valence-electron chi connectivity index (χ0n) is 13.0. The molecular formula is C17H16N4OS2. The van der Waals surface area contributed by atoms with Gasteiger partial charge in [0.2, 0.25) is 5.13 Å². The molecule has 0 fully saturated rings. The fourth-order valence-electron chi connectivity index (χ4n) is 2.10. The van der Waals surface area contributed by atoms with Gasteiger partial charge in [-0.1, -0.05) is 47.4 Å². The Morgan fingerprint density at radius 2 is 2.00 bits per heavy atom. The first-order chi connectivity index (χ1) is 11.6. The predicted octanol–water partition coefficient (Wildman–Crippen LogP) is 3.97. The van der Waals surface area contributed by atoms with Crippen molar-refractivity contribution in [2.75, 3.05) is 11.1 Å². The van der Waals surface area contributed by atoms with Gasteiger partial charge in [0.25, 0.3) is 5.91 Å². The van der Waals surface area contributed by atoms with Gasteiger partial charge in [-0.2, -0.15) is 0 Å². The monoisotopic (exact) mass is 356 g/mol. The van der Waals surface area contributed by atoms with Crippen molar-refractivity contribution in [2.24, 2.45) is 0 Å². The molecule has 3 N–H and O–H groups in total. The molecule has 5 nitrogen and oxygen atoms in total. The Balaban J connectivity index is 1.60. The van der Waals surface area contributed by atoms with Crippen LogP contribution < -0.4 is 11.1 Å². The van der Waals surface area contributed by atoms with E-state index in [9.17, 15) is 4.79 Å². The Labute approximate surface area is 148 Å². The van der Waals surface area contributed by atoms with E-state index in [1.807, 2.05) is 55.5 Å². The highest BCUT2D eigenvalue weighted by molar-refractivity contribution is 8.00. The fourth-order valence-corrected chi connectivity index (χ4v) is 3.69. The van der Waals surface area contributed by atoms with Crippen molar-refractivity contribution in [3.05, 3.63) is 65.2 Å². The second-order valence-corrected chi connectivity index (χ2v) is 7.45. The molecular weight excluding hydrogens is 340 g/mol. The number of hydrogen-bond acceptors (Lipinski definition) is 6. The quantitative estimate of drug-likeness (QED) is 0.676. The number of thioether (sulfide) groups is 1. The lowest BCUT2D eigenvalue weighted by Gasteiger charge is -2.07. The first kappa shape index (κ1) is 16.5. The molecule has 0 bridgehead atoms. The summed E-state index contributed by atoms with van der Waals surface area (Å²) >= 11 is 2.95. The Hall–Kier alpha value is -2.38. The summed E-state index contributed by atoms with van der Waals surface area (Å²) in [5.74, 6) is 0.644. The maximum atomic E-state index is 12.3. The molecule has 0 aliphatic heterocycles. The smallest absolute Gasteiger partial charge is 0.255 e. The SMILES string of the molecule is Cc1cccc(NC(=O)c2ccc(CSc3nnc(N)s3)cc2)c1. The summed E-state index contributed by atoms with van der Waals surface area (Å²) in [6, 6.07) is 15.3. The molecule has 122 valence electrons. The van der Waals surface area contributed by atoms with E-state index in [-0.39, 0.29) is 5.91 Å². The van der Waals surface area contributed by atoms with Gasteiger partial charge in [0, 0.05) is 17.0 Å². The molecule has 1 aromatic heterocycles. The van der Waals surface area contributed by atoms with Crippen molar-refractivity contribution >= 4 is 39.8 Å². The number of anilines is 2. The van der Waals surface area contributed by atoms with Crippen LogP contribution in [0.15, 0.2) is 52.9 Å². The minimum atomic E-state index is -0.114. The summed E-state index contributed by atoms with van der Waals surface area (Å²) in [6.07, 6.45) is 0. The minimum absolute atomic E-state index is 0.114. The van der Waals surface area contributed by atoms with Gasteiger partial charge in [-0.25, -0.2) is 0 Å². The number of nitrogens with one attached hydrogen (secondary N) is 1. The number of aromatic nitrogens is 2. The van der Waals surface area contributed by atoms with Crippen LogP contribution in [0.2, 0.25) is 0 Å². The van der Waals surface area contributed by atoms with Gasteiger partial charge in [-0.05, 0) is 42.3 Å². The van der Waals surface area contributed by atoms with Crippen LogP contribution in [0.25, 0.3) is 0 Å². The van der Waals surface area contributed by atoms with Crippen LogP contribution >= 0.6 is 23.1 Å². The van der Waals surface area contributed by atoms with E-state index in [1.165, 1.54) is 11.3 Å². The number of aryl methyl sites for hydroxylation is 1. The highest BCUT2D eigenvalue weighted by atomic mass is 32.2. The fraction of sp³-hybridized carbons (Fsp3) is 0.118. The normalized spacial score (nSPS) is 10.5. The third kappa shape index (κ3) is 4.33. The van der Waals surface area contributed by atoms with Gasteiger partial charge in [-0.15, -0.1) is 10.2 Å². The van der Waals surface area contributed by atoms with E-state index < -0.39 is 0 Å². The molecule has 0 saturated carbocycles. The lowest BCUT2D eigenvalue weighted by atomic mass is 10.1.